The number of halogens is 2. The molecule has 1 aromatic carbocycles. The quantitative estimate of drug-likeness (QED) is 0.737. The molecule has 1 rings (SSSR count). The maximum atomic E-state index is 13.5. The van der Waals surface area contributed by atoms with Crippen molar-refractivity contribution in [2.45, 2.75) is 12.8 Å². The number of hydrogen-bond donors (Lipinski definition) is 0. The predicted molar refractivity (Wildman–Crippen MR) is 53.8 cm³/mol. The number of carbonyl (C=O) groups excluding carboxylic acids is 1. The van der Waals surface area contributed by atoms with Gasteiger partial charge < -0.3 is 4.90 Å². The molecule has 0 heterocycles. The summed E-state index contributed by atoms with van der Waals surface area (Å²) in [6, 6.07) is 5.67. The second-order valence-electron chi connectivity index (χ2n) is 3.64. The lowest BCUT2D eigenvalue weighted by Gasteiger charge is -2.20. The zero-order valence-corrected chi connectivity index (χ0v) is 8.92. The van der Waals surface area contributed by atoms with Gasteiger partial charge in [0.15, 0.2) is 0 Å². The summed E-state index contributed by atoms with van der Waals surface area (Å²) in [5, 5.41) is 0. The van der Waals surface area contributed by atoms with Crippen molar-refractivity contribution >= 4 is 5.91 Å². The fourth-order valence-corrected chi connectivity index (χ4v) is 1.17. The van der Waals surface area contributed by atoms with Gasteiger partial charge in [0.25, 0.3) is 5.91 Å². The average Bonchev–Trinajstić information content (AvgIpc) is 2.17. The largest absolute Gasteiger partial charge is 0.349 e. The second kappa shape index (κ2) is 3.96. The van der Waals surface area contributed by atoms with E-state index in [1.807, 2.05) is 0 Å². The van der Waals surface area contributed by atoms with Crippen molar-refractivity contribution < 1.29 is 13.6 Å². The molecular formula is C11H13F2NO. The summed E-state index contributed by atoms with van der Waals surface area (Å²) in [6.45, 7) is 1.80. The van der Waals surface area contributed by atoms with E-state index in [9.17, 15) is 13.6 Å². The summed E-state index contributed by atoms with van der Waals surface area (Å²) >= 11 is 0. The minimum absolute atomic E-state index is 0.271. The van der Waals surface area contributed by atoms with Gasteiger partial charge in [0.2, 0.25) is 0 Å². The number of benzene rings is 1. The number of hydrogen-bond acceptors (Lipinski definition) is 1. The Balaban J connectivity index is 3.05. The van der Waals surface area contributed by atoms with Crippen LogP contribution in [0, 0.1) is 6.92 Å². The van der Waals surface area contributed by atoms with Crippen molar-refractivity contribution in [3.8, 4) is 0 Å². The van der Waals surface area contributed by atoms with Crippen LogP contribution in [-0.4, -0.2) is 24.9 Å². The standard InChI is InChI=1S/C11H13F2NO/c1-8-4-6-9(7-5-8)11(12,13)10(15)14(2)3/h4-7H,1-3H3. The molecule has 0 aliphatic heterocycles. The Morgan fingerprint density at radius 1 is 1.20 bits per heavy atom. The zero-order valence-electron chi connectivity index (χ0n) is 8.92. The highest BCUT2D eigenvalue weighted by molar-refractivity contribution is 5.84. The van der Waals surface area contributed by atoms with Gasteiger partial charge >= 0.3 is 5.92 Å². The minimum Gasteiger partial charge on any atom is -0.343 e. The van der Waals surface area contributed by atoms with E-state index < -0.39 is 11.8 Å². The van der Waals surface area contributed by atoms with Gasteiger partial charge in [-0.05, 0) is 6.92 Å². The van der Waals surface area contributed by atoms with E-state index in [2.05, 4.69) is 0 Å². The molecule has 0 spiro atoms. The van der Waals surface area contributed by atoms with Gasteiger partial charge in [0, 0.05) is 19.7 Å². The van der Waals surface area contributed by atoms with E-state index in [0.29, 0.717) is 0 Å². The summed E-state index contributed by atoms with van der Waals surface area (Å²) in [5.41, 5.74) is 0.610. The highest BCUT2D eigenvalue weighted by atomic mass is 19.3. The molecule has 0 fully saturated rings. The summed E-state index contributed by atoms with van der Waals surface area (Å²) in [5.74, 6) is -4.65. The van der Waals surface area contributed by atoms with E-state index in [4.69, 9.17) is 0 Å². The lowest BCUT2D eigenvalue weighted by molar-refractivity contribution is -0.156. The third-order valence-corrected chi connectivity index (χ3v) is 2.09. The number of carbonyl (C=O) groups is 1. The van der Waals surface area contributed by atoms with Crippen molar-refractivity contribution in [3.05, 3.63) is 35.4 Å². The highest BCUT2D eigenvalue weighted by Gasteiger charge is 2.41. The topological polar surface area (TPSA) is 20.3 Å². The molecule has 0 bridgehead atoms. The van der Waals surface area contributed by atoms with Crippen LogP contribution in [0.3, 0.4) is 0 Å². The van der Waals surface area contributed by atoms with Crippen LogP contribution in [0.5, 0.6) is 0 Å². The Labute approximate surface area is 87.5 Å². The maximum absolute atomic E-state index is 13.5. The van der Waals surface area contributed by atoms with Crippen molar-refractivity contribution in [1.82, 2.24) is 4.90 Å². The molecule has 2 nitrogen and oxygen atoms in total. The Bertz CT molecular complexity index is 357. The Hall–Kier alpha value is -1.45. The molecule has 0 unspecified atom stereocenters. The van der Waals surface area contributed by atoms with Crippen molar-refractivity contribution in [1.29, 1.82) is 0 Å². The summed E-state index contributed by atoms with van der Waals surface area (Å²) in [6.07, 6.45) is 0. The molecule has 0 saturated heterocycles. The van der Waals surface area contributed by atoms with Gasteiger partial charge in [-0.1, -0.05) is 29.8 Å². The Morgan fingerprint density at radius 2 is 1.67 bits per heavy atom. The highest BCUT2D eigenvalue weighted by Crippen LogP contribution is 2.29. The van der Waals surface area contributed by atoms with Gasteiger partial charge in [-0.3, -0.25) is 4.79 Å². The lowest BCUT2D eigenvalue weighted by Crippen LogP contribution is -2.37. The second-order valence-corrected chi connectivity index (χ2v) is 3.64. The monoisotopic (exact) mass is 213 g/mol. The van der Waals surface area contributed by atoms with E-state index in [-0.39, 0.29) is 5.56 Å². The summed E-state index contributed by atoms with van der Waals surface area (Å²) < 4.78 is 27.1. The fourth-order valence-electron chi connectivity index (χ4n) is 1.17. The summed E-state index contributed by atoms with van der Waals surface area (Å²) in [7, 11) is 2.62. The smallest absolute Gasteiger partial charge is 0.343 e. The number of amides is 1. The third kappa shape index (κ3) is 2.32. The molecule has 0 radical (unpaired) electrons. The molecule has 0 atom stereocenters. The number of rotatable bonds is 2. The summed E-state index contributed by atoms with van der Waals surface area (Å²) in [4.78, 5) is 12.1. The van der Waals surface area contributed by atoms with Crippen LogP contribution in [-0.2, 0) is 10.7 Å². The van der Waals surface area contributed by atoms with Crippen molar-refractivity contribution in [3.63, 3.8) is 0 Å². The fraction of sp³-hybridized carbons (Fsp3) is 0.364. The zero-order chi connectivity index (χ0) is 11.6. The normalized spacial score (nSPS) is 11.3. The maximum Gasteiger partial charge on any atom is 0.349 e. The minimum atomic E-state index is -3.45. The molecule has 0 aliphatic rings. The molecule has 1 amide bonds. The van der Waals surface area contributed by atoms with Crippen LogP contribution in [0.4, 0.5) is 8.78 Å². The van der Waals surface area contributed by atoms with Crippen molar-refractivity contribution in [2.24, 2.45) is 0 Å². The molecule has 0 N–H and O–H groups in total. The number of aryl methyl sites for hydroxylation is 1. The molecule has 0 aliphatic carbocycles. The first kappa shape index (κ1) is 11.6. The Kier molecular flexibility index (Phi) is 3.07. The van der Waals surface area contributed by atoms with Crippen LogP contribution in [0.15, 0.2) is 24.3 Å². The van der Waals surface area contributed by atoms with Gasteiger partial charge in [-0.2, -0.15) is 8.78 Å². The number of nitrogens with zero attached hydrogens (tertiary/aromatic N) is 1. The van der Waals surface area contributed by atoms with Crippen LogP contribution < -0.4 is 0 Å². The molecule has 0 aromatic heterocycles. The first-order chi connectivity index (χ1) is 6.85. The first-order valence-corrected chi connectivity index (χ1v) is 4.52. The van der Waals surface area contributed by atoms with Crippen molar-refractivity contribution in [2.75, 3.05) is 14.1 Å². The number of likely N-dealkylation sites (N-methyl/N-ethyl adjacent to an activating group) is 1. The molecule has 15 heavy (non-hydrogen) atoms. The molecule has 82 valence electrons. The SMILES string of the molecule is Cc1ccc(C(F)(F)C(=O)N(C)C)cc1. The lowest BCUT2D eigenvalue weighted by atomic mass is 10.1. The first-order valence-electron chi connectivity index (χ1n) is 4.52. The molecule has 1 aromatic rings. The van der Waals surface area contributed by atoms with Gasteiger partial charge in [-0.15, -0.1) is 0 Å². The van der Waals surface area contributed by atoms with Crippen LogP contribution in [0.25, 0.3) is 0 Å². The molecular weight excluding hydrogens is 200 g/mol. The third-order valence-electron chi connectivity index (χ3n) is 2.09. The molecule has 0 saturated carbocycles. The Morgan fingerprint density at radius 3 is 2.07 bits per heavy atom. The van der Waals surface area contributed by atoms with E-state index in [1.165, 1.54) is 26.2 Å². The van der Waals surface area contributed by atoms with Crippen LogP contribution in [0.2, 0.25) is 0 Å². The van der Waals surface area contributed by atoms with Crippen LogP contribution >= 0.6 is 0 Å². The van der Waals surface area contributed by atoms with E-state index in [0.717, 1.165) is 10.5 Å². The van der Waals surface area contributed by atoms with Gasteiger partial charge in [-0.25, -0.2) is 0 Å². The predicted octanol–water partition coefficient (Wildman–Crippen LogP) is 2.18. The van der Waals surface area contributed by atoms with E-state index in [1.54, 1.807) is 19.1 Å². The average molecular weight is 213 g/mol. The molecule has 4 heteroatoms. The number of alkyl halides is 2. The van der Waals surface area contributed by atoms with Gasteiger partial charge in [0.1, 0.15) is 0 Å². The van der Waals surface area contributed by atoms with Gasteiger partial charge in [0.05, 0.1) is 0 Å². The van der Waals surface area contributed by atoms with E-state index >= 15 is 0 Å². The van der Waals surface area contributed by atoms with Crippen LogP contribution in [0.1, 0.15) is 11.1 Å².